The van der Waals surface area contributed by atoms with Crippen LogP contribution in [0, 0.1) is 0 Å². The number of halogens is 1. The molecule has 0 aliphatic heterocycles. The Morgan fingerprint density at radius 1 is 1.17 bits per heavy atom. The van der Waals surface area contributed by atoms with Crippen LogP contribution < -0.4 is 0 Å². The van der Waals surface area contributed by atoms with E-state index in [2.05, 4.69) is 15.2 Å². The molecule has 7 heteroatoms. The number of nitrogens with one attached hydrogen (secondary N) is 1. The van der Waals surface area contributed by atoms with Crippen molar-refractivity contribution in [3.63, 3.8) is 0 Å². The third-order valence-corrected chi connectivity index (χ3v) is 3.74. The Kier molecular flexibility index (Phi) is 4.34. The van der Waals surface area contributed by atoms with E-state index in [0.29, 0.717) is 22.8 Å². The monoisotopic (exact) mass is 329 g/mol. The maximum absolute atomic E-state index is 12.1. The standard InChI is InChI=1S/C16H12ClN3O3/c17-12-4-2-1-3-10(12)8-14-11(5-6-23-14)7-13(21)15(22)16-18-9-19-20-16/h1-6,9H,7-8H2,(H,18,19,20). The molecule has 0 aliphatic carbocycles. The summed E-state index contributed by atoms with van der Waals surface area (Å²) in [6.45, 7) is 0. The number of carbonyl (C=O) groups is 2. The number of aromatic amines is 1. The average molecular weight is 330 g/mol. The maximum atomic E-state index is 12.1. The predicted octanol–water partition coefficient (Wildman–Crippen LogP) is 2.64. The van der Waals surface area contributed by atoms with E-state index in [9.17, 15) is 9.59 Å². The van der Waals surface area contributed by atoms with Gasteiger partial charge in [0.05, 0.1) is 6.26 Å². The molecule has 0 amide bonds. The van der Waals surface area contributed by atoms with Gasteiger partial charge in [0.2, 0.25) is 11.6 Å². The van der Waals surface area contributed by atoms with Crippen LogP contribution in [-0.2, 0) is 17.6 Å². The minimum absolute atomic E-state index is 0.0658. The molecule has 1 N–H and O–H groups in total. The number of nitrogens with zero attached hydrogens (tertiary/aromatic N) is 2. The van der Waals surface area contributed by atoms with Gasteiger partial charge in [-0.15, -0.1) is 5.10 Å². The van der Waals surface area contributed by atoms with E-state index in [1.807, 2.05) is 18.2 Å². The quantitative estimate of drug-likeness (QED) is 0.554. The van der Waals surface area contributed by atoms with Crippen LogP contribution in [0.4, 0.5) is 0 Å². The van der Waals surface area contributed by atoms with Gasteiger partial charge in [0.1, 0.15) is 12.1 Å². The van der Waals surface area contributed by atoms with Crippen molar-refractivity contribution in [2.45, 2.75) is 12.8 Å². The lowest BCUT2D eigenvalue weighted by molar-refractivity contribution is -0.114. The molecule has 0 saturated heterocycles. The van der Waals surface area contributed by atoms with Crippen molar-refractivity contribution in [3.05, 3.63) is 70.7 Å². The van der Waals surface area contributed by atoms with E-state index in [0.717, 1.165) is 5.56 Å². The third kappa shape index (κ3) is 3.37. The summed E-state index contributed by atoms with van der Waals surface area (Å²) in [5.41, 5.74) is 1.54. The van der Waals surface area contributed by atoms with Gasteiger partial charge in [-0.25, -0.2) is 4.98 Å². The van der Waals surface area contributed by atoms with Gasteiger partial charge in [-0.05, 0) is 17.7 Å². The van der Waals surface area contributed by atoms with Gasteiger partial charge in [-0.3, -0.25) is 14.7 Å². The van der Waals surface area contributed by atoms with E-state index in [-0.39, 0.29) is 12.2 Å². The molecule has 3 rings (SSSR count). The van der Waals surface area contributed by atoms with Crippen molar-refractivity contribution in [1.82, 2.24) is 15.2 Å². The van der Waals surface area contributed by atoms with E-state index in [4.69, 9.17) is 16.0 Å². The smallest absolute Gasteiger partial charge is 0.267 e. The van der Waals surface area contributed by atoms with Crippen LogP contribution in [0.25, 0.3) is 0 Å². The lowest BCUT2D eigenvalue weighted by Crippen LogP contribution is -2.18. The highest BCUT2D eigenvalue weighted by molar-refractivity contribution is 6.43. The predicted molar refractivity (Wildman–Crippen MR) is 82.4 cm³/mol. The van der Waals surface area contributed by atoms with E-state index in [1.54, 1.807) is 12.1 Å². The van der Waals surface area contributed by atoms with Crippen LogP contribution in [0.15, 0.2) is 47.3 Å². The summed E-state index contributed by atoms with van der Waals surface area (Å²) in [6.07, 6.45) is 3.13. The summed E-state index contributed by atoms with van der Waals surface area (Å²) >= 11 is 6.13. The molecule has 0 spiro atoms. The summed E-state index contributed by atoms with van der Waals surface area (Å²) in [7, 11) is 0. The van der Waals surface area contributed by atoms with Crippen molar-refractivity contribution >= 4 is 23.2 Å². The van der Waals surface area contributed by atoms with Gasteiger partial charge in [0.15, 0.2) is 0 Å². The van der Waals surface area contributed by atoms with Gasteiger partial charge >= 0.3 is 0 Å². The lowest BCUT2D eigenvalue weighted by Gasteiger charge is -2.04. The first-order valence-corrected chi connectivity index (χ1v) is 7.25. The Hall–Kier alpha value is -2.73. The first kappa shape index (κ1) is 15.2. The number of rotatable bonds is 6. The number of hydrogen-bond donors (Lipinski definition) is 1. The van der Waals surface area contributed by atoms with E-state index in [1.165, 1.54) is 12.6 Å². The van der Waals surface area contributed by atoms with Crippen molar-refractivity contribution in [2.24, 2.45) is 0 Å². The third-order valence-electron chi connectivity index (χ3n) is 3.37. The zero-order chi connectivity index (χ0) is 16.2. The number of Topliss-reactive ketones (excluding diaryl/α,β-unsaturated/α-hetero) is 2. The second-order valence-electron chi connectivity index (χ2n) is 4.89. The number of benzene rings is 1. The molecular weight excluding hydrogens is 318 g/mol. The Bertz CT molecular complexity index is 840. The summed E-state index contributed by atoms with van der Waals surface area (Å²) in [4.78, 5) is 27.7. The first-order chi connectivity index (χ1) is 11.1. The number of H-pyrrole nitrogens is 1. The zero-order valence-electron chi connectivity index (χ0n) is 12.0. The molecule has 0 radical (unpaired) electrons. The molecule has 1 aromatic carbocycles. The highest BCUT2D eigenvalue weighted by Crippen LogP contribution is 2.22. The average Bonchev–Trinajstić information content (AvgIpc) is 3.21. The normalized spacial score (nSPS) is 10.7. The molecule has 6 nitrogen and oxygen atoms in total. The Balaban J connectivity index is 1.75. The number of ketones is 2. The van der Waals surface area contributed by atoms with Crippen molar-refractivity contribution in [3.8, 4) is 0 Å². The Morgan fingerprint density at radius 3 is 2.74 bits per heavy atom. The molecule has 23 heavy (non-hydrogen) atoms. The minimum Gasteiger partial charge on any atom is -0.469 e. The fourth-order valence-electron chi connectivity index (χ4n) is 2.19. The molecule has 2 heterocycles. The van der Waals surface area contributed by atoms with Crippen LogP contribution in [-0.4, -0.2) is 26.7 Å². The zero-order valence-corrected chi connectivity index (χ0v) is 12.7. The first-order valence-electron chi connectivity index (χ1n) is 6.87. The van der Waals surface area contributed by atoms with Crippen LogP contribution in [0.2, 0.25) is 5.02 Å². The summed E-state index contributed by atoms with van der Waals surface area (Å²) in [6, 6.07) is 9.07. The van der Waals surface area contributed by atoms with Crippen LogP contribution in [0.5, 0.6) is 0 Å². The molecule has 0 aliphatic rings. The highest BCUT2D eigenvalue weighted by Gasteiger charge is 2.22. The minimum atomic E-state index is -0.726. The molecule has 0 fully saturated rings. The number of aromatic nitrogens is 3. The fourth-order valence-corrected chi connectivity index (χ4v) is 2.39. The SMILES string of the molecule is O=C(Cc1ccoc1Cc1ccccc1Cl)C(=O)c1nc[nH]n1. The second-order valence-corrected chi connectivity index (χ2v) is 5.30. The van der Waals surface area contributed by atoms with Gasteiger partial charge in [-0.1, -0.05) is 29.8 Å². The van der Waals surface area contributed by atoms with Gasteiger partial charge in [0, 0.05) is 23.4 Å². The molecule has 0 bridgehead atoms. The maximum Gasteiger partial charge on any atom is 0.267 e. The fraction of sp³-hybridized carbons (Fsp3) is 0.125. The van der Waals surface area contributed by atoms with Crippen molar-refractivity contribution in [2.75, 3.05) is 0 Å². The van der Waals surface area contributed by atoms with Gasteiger partial charge < -0.3 is 4.42 Å². The lowest BCUT2D eigenvalue weighted by atomic mass is 10.0. The van der Waals surface area contributed by atoms with E-state index >= 15 is 0 Å². The number of hydrogen-bond acceptors (Lipinski definition) is 5. The van der Waals surface area contributed by atoms with Gasteiger partial charge in [-0.2, -0.15) is 0 Å². The van der Waals surface area contributed by atoms with Crippen molar-refractivity contribution in [1.29, 1.82) is 0 Å². The van der Waals surface area contributed by atoms with E-state index < -0.39 is 11.6 Å². The number of carbonyl (C=O) groups excluding carboxylic acids is 2. The van der Waals surface area contributed by atoms with Crippen LogP contribution in [0.3, 0.4) is 0 Å². The summed E-state index contributed by atoms with van der Waals surface area (Å²) in [5, 5.41) is 6.65. The largest absolute Gasteiger partial charge is 0.469 e. The topological polar surface area (TPSA) is 88.9 Å². The van der Waals surface area contributed by atoms with Crippen LogP contribution >= 0.6 is 11.6 Å². The molecule has 2 aromatic heterocycles. The Labute approximate surface area is 136 Å². The van der Waals surface area contributed by atoms with Crippen molar-refractivity contribution < 1.29 is 14.0 Å². The second kappa shape index (κ2) is 6.58. The summed E-state index contributed by atoms with van der Waals surface area (Å²) < 4.78 is 5.44. The molecular formula is C16H12ClN3O3. The highest BCUT2D eigenvalue weighted by atomic mass is 35.5. The van der Waals surface area contributed by atoms with Crippen LogP contribution in [0.1, 0.15) is 27.5 Å². The molecule has 0 atom stereocenters. The molecule has 0 unspecified atom stereocenters. The summed E-state index contributed by atoms with van der Waals surface area (Å²) in [5.74, 6) is -0.845. The Morgan fingerprint density at radius 2 is 2.00 bits per heavy atom. The number of furan rings is 1. The van der Waals surface area contributed by atoms with Gasteiger partial charge in [0.25, 0.3) is 5.78 Å². The molecule has 116 valence electrons. The molecule has 3 aromatic rings. The molecule has 0 saturated carbocycles.